The molecule has 0 amide bonds. The quantitative estimate of drug-likeness (QED) is 0.591. The van der Waals surface area contributed by atoms with Crippen molar-refractivity contribution >= 4 is 0 Å². The van der Waals surface area contributed by atoms with Gasteiger partial charge in [-0.2, -0.15) is 0 Å². The maximum atomic E-state index is 3.56. The van der Waals surface area contributed by atoms with Crippen LogP contribution in [0.3, 0.4) is 0 Å². The average molecular weight is 242 g/mol. The average Bonchev–Trinajstić information content (AvgIpc) is 2.27. The zero-order valence-corrected chi connectivity index (χ0v) is 12.9. The molecule has 0 aliphatic rings. The van der Waals surface area contributed by atoms with Crippen LogP contribution >= 0.6 is 0 Å². The van der Waals surface area contributed by atoms with E-state index in [0.717, 1.165) is 24.9 Å². The van der Waals surface area contributed by atoms with Gasteiger partial charge in [0.1, 0.15) is 0 Å². The minimum Gasteiger partial charge on any atom is -0.316 e. The Morgan fingerprint density at radius 3 is 2.18 bits per heavy atom. The van der Waals surface area contributed by atoms with Crippen molar-refractivity contribution in [3.8, 4) is 0 Å². The van der Waals surface area contributed by atoms with Crippen molar-refractivity contribution in [1.29, 1.82) is 0 Å². The minimum absolute atomic E-state index is 0.673. The van der Waals surface area contributed by atoms with Crippen molar-refractivity contribution in [3.63, 3.8) is 0 Å². The van der Waals surface area contributed by atoms with Gasteiger partial charge < -0.3 is 10.2 Å². The molecule has 17 heavy (non-hydrogen) atoms. The summed E-state index contributed by atoms with van der Waals surface area (Å²) >= 11 is 0. The van der Waals surface area contributed by atoms with Crippen LogP contribution in [0.15, 0.2) is 0 Å². The lowest BCUT2D eigenvalue weighted by Crippen LogP contribution is -2.40. The van der Waals surface area contributed by atoms with Crippen LogP contribution in [0, 0.1) is 11.8 Å². The van der Waals surface area contributed by atoms with Crippen LogP contribution in [-0.4, -0.2) is 37.6 Å². The van der Waals surface area contributed by atoms with Crippen molar-refractivity contribution in [3.05, 3.63) is 0 Å². The van der Waals surface area contributed by atoms with Gasteiger partial charge in [-0.25, -0.2) is 0 Å². The van der Waals surface area contributed by atoms with Crippen molar-refractivity contribution < 1.29 is 0 Å². The van der Waals surface area contributed by atoms with E-state index in [1.54, 1.807) is 0 Å². The molecule has 2 heteroatoms. The highest BCUT2D eigenvalue weighted by Gasteiger charge is 2.16. The smallest absolute Gasteiger partial charge is 0.0102 e. The molecule has 0 saturated carbocycles. The second kappa shape index (κ2) is 9.90. The van der Waals surface area contributed by atoms with E-state index in [-0.39, 0.29) is 0 Å². The monoisotopic (exact) mass is 242 g/mol. The molecule has 0 heterocycles. The summed E-state index contributed by atoms with van der Waals surface area (Å²) in [6.07, 6.45) is 4.01. The largest absolute Gasteiger partial charge is 0.316 e. The van der Waals surface area contributed by atoms with Crippen LogP contribution in [0.4, 0.5) is 0 Å². The SMILES string of the molecule is CCCCCN(C)C(C)C(C)CNCC(C)C. The zero-order chi connectivity index (χ0) is 13.3. The molecular formula is C15H34N2. The van der Waals surface area contributed by atoms with E-state index in [2.05, 4.69) is 51.9 Å². The van der Waals surface area contributed by atoms with Gasteiger partial charge in [-0.15, -0.1) is 0 Å². The molecule has 0 aliphatic carbocycles. The summed E-state index contributed by atoms with van der Waals surface area (Å²) in [6.45, 7) is 15.0. The van der Waals surface area contributed by atoms with Gasteiger partial charge in [-0.1, -0.05) is 40.5 Å². The van der Waals surface area contributed by atoms with Gasteiger partial charge in [-0.3, -0.25) is 0 Å². The van der Waals surface area contributed by atoms with E-state index in [1.807, 2.05) is 0 Å². The van der Waals surface area contributed by atoms with Gasteiger partial charge in [-0.05, 0) is 51.9 Å². The summed E-state index contributed by atoms with van der Waals surface area (Å²) < 4.78 is 0. The Hall–Kier alpha value is -0.0800. The molecule has 0 rings (SSSR count). The summed E-state index contributed by atoms with van der Waals surface area (Å²) in [5.41, 5.74) is 0. The van der Waals surface area contributed by atoms with E-state index < -0.39 is 0 Å². The lowest BCUT2D eigenvalue weighted by Gasteiger charge is -2.30. The first-order valence-corrected chi connectivity index (χ1v) is 7.40. The Kier molecular flexibility index (Phi) is 9.85. The van der Waals surface area contributed by atoms with Crippen molar-refractivity contribution in [2.75, 3.05) is 26.7 Å². The number of unbranched alkanes of at least 4 members (excludes halogenated alkanes) is 2. The molecule has 0 bridgehead atoms. The standard InChI is InChI=1S/C15H34N2/c1-7-8-9-10-17(6)15(5)14(4)12-16-11-13(2)3/h13-16H,7-12H2,1-6H3. The number of hydrogen-bond acceptors (Lipinski definition) is 2. The molecule has 2 unspecified atom stereocenters. The summed E-state index contributed by atoms with van der Waals surface area (Å²) in [5.74, 6) is 1.47. The van der Waals surface area contributed by atoms with Gasteiger partial charge in [0.25, 0.3) is 0 Å². The third-order valence-electron chi connectivity index (χ3n) is 3.65. The number of nitrogens with one attached hydrogen (secondary N) is 1. The Labute approximate surface area is 109 Å². The molecule has 2 nitrogen and oxygen atoms in total. The van der Waals surface area contributed by atoms with Crippen molar-refractivity contribution in [1.82, 2.24) is 10.2 Å². The summed E-state index contributed by atoms with van der Waals surface area (Å²) in [4.78, 5) is 2.51. The highest BCUT2D eigenvalue weighted by Crippen LogP contribution is 2.10. The lowest BCUT2D eigenvalue weighted by atomic mass is 10.0. The van der Waals surface area contributed by atoms with Crippen LogP contribution in [0.25, 0.3) is 0 Å². The van der Waals surface area contributed by atoms with Gasteiger partial charge in [0.2, 0.25) is 0 Å². The normalized spacial score (nSPS) is 15.5. The molecule has 104 valence electrons. The predicted molar refractivity (Wildman–Crippen MR) is 78.5 cm³/mol. The molecule has 1 N–H and O–H groups in total. The summed E-state index contributed by atoms with van der Waals surface area (Å²) in [6, 6.07) is 0.673. The van der Waals surface area contributed by atoms with Crippen LogP contribution in [0.1, 0.15) is 53.9 Å². The topological polar surface area (TPSA) is 15.3 Å². The lowest BCUT2D eigenvalue weighted by molar-refractivity contribution is 0.192. The molecule has 0 aromatic carbocycles. The molecule has 0 aromatic rings. The van der Waals surface area contributed by atoms with Gasteiger partial charge in [0.15, 0.2) is 0 Å². The Balaban J connectivity index is 3.73. The third kappa shape index (κ3) is 8.62. The van der Waals surface area contributed by atoms with E-state index in [0.29, 0.717) is 6.04 Å². The zero-order valence-electron chi connectivity index (χ0n) is 12.9. The van der Waals surface area contributed by atoms with Crippen LogP contribution < -0.4 is 5.32 Å². The Bertz CT molecular complexity index is 168. The Morgan fingerprint density at radius 2 is 1.65 bits per heavy atom. The van der Waals surface area contributed by atoms with Gasteiger partial charge >= 0.3 is 0 Å². The van der Waals surface area contributed by atoms with E-state index in [1.165, 1.54) is 25.8 Å². The minimum atomic E-state index is 0.673. The first-order chi connectivity index (χ1) is 7.99. The van der Waals surface area contributed by atoms with Crippen molar-refractivity contribution in [2.45, 2.75) is 59.9 Å². The third-order valence-corrected chi connectivity index (χ3v) is 3.65. The van der Waals surface area contributed by atoms with Crippen LogP contribution in [0.5, 0.6) is 0 Å². The first-order valence-electron chi connectivity index (χ1n) is 7.40. The molecule has 0 saturated heterocycles. The van der Waals surface area contributed by atoms with Crippen LogP contribution in [0.2, 0.25) is 0 Å². The van der Waals surface area contributed by atoms with E-state index in [9.17, 15) is 0 Å². The second-order valence-electron chi connectivity index (χ2n) is 5.96. The fraction of sp³-hybridized carbons (Fsp3) is 1.00. The summed E-state index contributed by atoms with van der Waals surface area (Å²) in [7, 11) is 2.26. The molecule has 0 aromatic heterocycles. The second-order valence-corrected chi connectivity index (χ2v) is 5.96. The Morgan fingerprint density at radius 1 is 1.00 bits per heavy atom. The number of hydrogen-bond donors (Lipinski definition) is 1. The molecule has 0 radical (unpaired) electrons. The highest BCUT2D eigenvalue weighted by atomic mass is 15.1. The van der Waals surface area contributed by atoms with E-state index >= 15 is 0 Å². The molecule has 2 atom stereocenters. The molecule has 0 spiro atoms. The predicted octanol–water partition coefficient (Wildman–Crippen LogP) is 3.38. The fourth-order valence-electron chi connectivity index (χ4n) is 2.02. The molecular weight excluding hydrogens is 208 g/mol. The first kappa shape index (κ1) is 16.9. The fourth-order valence-corrected chi connectivity index (χ4v) is 2.02. The maximum absolute atomic E-state index is 3.56. The number of rotatable bonds is 10. The molecule has 0 aliphatic heterocycles. The molecule has 0 fully saturated rings. The van der Waals surface area contributed by atoms with Crippen molar-refractivity contribution in [2.24, 2.45) is 11.8 Å². The van der Waals surface area contributed by atoms with Gasteiger partial charge in [0, 0.05) is 6.04 Å². The summed E-state index contributed by atoms with van der Waals surface area (Å²) in [5, 5.41) is 3.56. The van der Waals surface area contributed by atoms with Gasteiger partial charge in [0.05, 0.1) is 0 Å². The number of nitrogens with zero attached hydrogens (tertiary/aromatic N) is 1. The maximum Gasteiger partial charge on any atom is 0.0102 e. The highest BCUT2D eigenvalue weighted by molar-refractivity contribution is 4.72. The van der Waals surface area contributed by atoms with E-state index in [4.69, 9.17) is 0 Å². The van der Waals surface area contributed by atoms with Crippen LogP contribution in [-0.2, 0) is 0 Å².